The predicted molar refractivity (Wildman–Crippen MR) is 180 cm³/mol. The van der Waals surface area contributed by atoms with Gasteiger partial charge in [0.05, 0.1) is 28.8 Å². The van der Waals surface area contributed by atoms with E-state index in [1.807, 2.05) is 36.5 Å². The number of fused-ring (bicyclic) bond motifs is 1. The van der Waals surface area contributed by atoms with Gasteiger partial charge in [0.1, 0.15) is 23.5 Å². The molecule has 1 aliphatic heterocycles. The van der Waals surface area contributed by atoms with E-state index >= 15 is 0 Å². The lowest BCUT2D eigenvalue weighted by Crippen LogP contribution is -2.31. The number of nitrogen functional groups attached to an aromatic ring is 1. The Balaban J connectivity index is 1.13. The average Bonchev–Trinajstić information content (AvgIpc) is 3.71. The van der Waals surface area contributed by atoms with Crippen LogP contribution in [0.3, 0.4) is 0 Å². The molecule has 6 aromatic rings. The molecule has 0 saturated carbocycles. The summed E-state index contributed by atoms with van der Waals surface area (Å²) in [4.78, 5) is 26.3. The third-order valence-electron chi connectivity index (χ3n) is 8.69. The molecule has 1 aliphatic rings. The van der Waals surface area contributed by atoms with Crippen molar-refractivity contribution in [2.24, 2.45) is 5.92 Å². The van der Waals surface area contributed by atoms with Gasteiger partial charge in [0.25, 0.3) is 0 Å². The maximum Gasteiger partial charge on any atom is 0.234 e. The number of nitrogens with zero attached hydrogens (tertiary/aromatic N) is 9. The van der Waals surface area contributed by atoms with Crippen molar-refractivity contribution in [3.05, 3.63) is 109 Å². The van der Waals surface area contributed by atoms with Gasteiger partial charge in [-0.05, 0) is 86.0 Å². The number of hydrogen-bond donors (Lipinski definition) is 1. The number of benzene rings is 1. The first-order chi connectivity index (χ1) is 23.0. The fraction of sp³-hybridized carbons (Fsp3) is 0.222. The molecule has 10 nitrogen and oxygen atoms in total. The molecule has 5 aromatic heterocycles. The molecule has 0 bridgehead atoms. The highest BCUT2D eigenvalue weighted by atomic mass is 19.1. The Hall–Kier alpha value is -5.73. The fourth-order valence-electron chi connectivity index (χ4n) is 6.37. The van der Waals surface area contributed by atoms with E-state index in [1.165, 1.54) is 17.8 Å². The summed E-state index contributed by atoms with van der Waals surface area (Å²) in [6.07, 6.45) is 7.46. The second kappa shape index (κ2) is 12.9. The monoisotopic (exact) mass is 624 g/mol. The Morgan fingerprint density at radius 3 is 2.60 bits per heavy atom. The summed E-state index contributed by atoms with van der Waals surface area (Å²) in [7, 11) is 0. The van der Waals surface area contributed by atoms with Crippen molar-refractivity contribution in [1.82, 2.24) is 34.4 Å². The van der Waals surface area contributed by atoms with Crippen LogP contribution in [0.1, 0.15) is 24.7 Å². The minimum atomic E-state index is -0.391. The SMILES string of the molecule is CCN(CC1CCN(Cc2ccc(-n3c(-c4cccnc4N)cc4cnc(-c5ccc(F)cn5)cc43)cc2)C1)c1ccnc(C#N)n1. The molecule has 6 heterocycles. The Kier molecular flexibility index (Phi) is 8.25. The topological polar surface area (TPSA) is 126 Å². The van der Waals surface area contributed by atoms with E-state index in [-0.39, 0.29) is 5.82 Å². The van der Waals surface area contributed by atoms with Crippen molar-refractivity contribution in [3.63, 3.8) is 0 Å². The van der Waals surface area contributed by atoms with Crippen molar-refractivity contribution in [2.45, 2.75) is 19.9 Å². The molecular formula is C36H33FN10. The fourth-order valence-corrected chi connectivity index (χ4v) is 6.37. The number of hydrogen-bond acceptors (Lipinski definition) is 9. The van der Waals surface area contributed by atoms with Crippen LogP contribution in [0.2, 0.25) is 0 Å². The molecule has 1 unspecified atom stereocenters. The van der Waals surface area contributed by atoms with Gasteiger partial charge in [0.15, 0.2) is 0 Å². The molecule has 0 radical (unpaired) electrons. The standard InChI is InChI=1S/C36H33FN10/c1-2-46(35-11-14-40-34(18-38)44-35)23-25-12-15-45(22-25)21-24-5-8-28(9-6-24)47-32-17-31(30-10-7-27(37)20-43-30)42-19-26(32)16-33(47)29-4-3-13-41-36(29)39/h3-11,13-14,16-17,19-20,25H,2,12,15,21-23H2,1H3,(H2,39,41). The second-order valence-corrected chi connectivity index (χ2v) is 11.7. The first-order valence-electron chi connectivity index (χ1n) is 15.6. The number of halogens is 1. The lowest BCUT2D eigenvalue weighted by atomic mass is 10.1. The van der Waals surface area contributed by atoms with Gasteiger partial charge < -0.3 is 15.2 Å². The van der Waals surface area contributed by atoms with E-state index in [1.54, 1.807) is 18.5 Å². The molecule has 0 aliphatic carbocycles. The van der Waals surface area contributed by atoms with Crippen LogP contribution < -0.4 is 10.6 Å². The molecule has 7 rings (SSSR count). The van der Waals surface area contributed by atoms with Gasteiger partial charge in [0, 0.05) is 61.4 Å². The zero-order valence-electron chi connectivity index (χ0n) is 26.0. The van der Waals surface area contributed by atoms with Gasteiger partial charge in [-0.1, -0.05) is 12.1 Å². The van der Waals surface area contributed by atoms with Crippen LogP contribution in [-0.2, 0) is 6.54 Å². The zero-order chi connectivity index (χ0) is 32.3. The van der Waals surface area contributed by atoms with Crippen molar-refractivity contribution in [2.75, 3.05) is 36.8 Å². The van der Waals surface area contributed by atoms with E-state index in [0.29, 0.717) is 23.1 Å². The van der Waals surface area contributed by atoms with Crippen molar-refractivity contribution in [1.29, 1.82) is 5.26 Å². The van der Waals surface area contributed by atoms with Crippen molar-refractivity contribution < 1.29 is 4.39 Å². The third-order valence-corrected chi connectivity index (χ3v) is 8.69. The van der Waals surface area contributed by atoms with Crippen molar-refractivity contribution in [3.8, 4) is 34.4 Å². The Morgan fingerprint density at radius 2 is 1.83 bits per heavy atom. The van der Waals surface area contributed by atoms with E-state index in [4.69, 9.17) is 5.73 Å². The molecule has 2 N–H and O–H groups in total. The minimum absolute atomic E-state index is 0.198. The van der Waals surface area contributed by atoms with Crippen LogP contribution >= 0.6 is 0 Å². The molecule has 0 amide bonds. The summed E-state index contributed by atoms with van der Waals surface area (Å²) in [6.45, 7) is 6.69. The van der Waals surface area contributed by atoms with Gasteiger partial charge >= 0.3 is 0 Å². The number of rotatable bonds is 9. The molecule has 234 valence electrons. The van der Waals surface area contributed by atoms with Crippen LogP contribution in [0.25, 0.3) is 39.2 Å². The number of likely N-dealkylation sites (tertiary alicyclic amines) is 1. The molecule has 47 heavy (non-hydrogen) atoms. The summed E-state index contributed by atoms with van der Waals surface area (Å²) in [5, 5.41) is 10.1. The summed E-state index contributed by atoms with van der Waals surface area (Å²) in [5.74, 6) is 1.56. The quantitative estimate of drug-likeness (QED) is 0.210. The first kappa shape index (κ1) is 30.0. The summed E-state index contributed by atoms with van der Waals surface area (Å²) < 4.78 is 15.7. The molecule has 11 heteroatoms. The maximum absolute atomic E-state index is 13.6. The van der Waals surface area contributed by atoms with Crippen LogP contribution in [0.4, 0.5) is 16.0 Å². The van der Waals surface area contributed by atoms with E-state index in [2.05, 4.69) is 76.5 Å². The van der Waals surface area contributed by atoms with Crippen LogP contribution in [0, 0.1) is 23.1 Å². The van der Waals surface area contributed by atoms with E-state index < -0.39 is 5.82 Å². The normalized spacial score (nSPS) is 14.8. The zero-order valence-corrected chi connectivity index (χ0v) is 26.0. The highest BCUT2D eigenvalue weighted by molar-refractivity contribution is 5.92. The van der Waals surface area contributed by atoms with E-state index in [9.17, 15) is 9.65 Å². The van der Waals surface area contributed by atoms with Gasteiger partial charge in [-0.3, -0.25) is 14.9 Å². The van der Waals surface area contributed by atoms with Crippen LogP contribution in [-0.4, -0.2) is 60.6 Å². The summed E-state index contributed by atoms with van der Waals surface area (Å²) in [6, 6.07) is 23.4. The van der Waals surface area contributed by atoms with Gasteiger partial charge in [0.2, 0.25) is 5.82 Å². The summed E-state index contributed by atoms with van der Waals surface area (Å²) >= 11 is 0. The number of aromatic nitrogens is 6. The summed E-state index contributed by atoms with van der Waals surface area (Å²) in [5.41, 5.74) is 12.5. The lowest BCUT2D eigenvalue weighted by Gasteiger charge is -2.25. The smallest absolute Gasteiger partial charge is 0.234 e. The highest BCUT2D eigenvalue weighted by Crippen LogP contribution is 2.35. The van der Waals surface area contributed by atoms with Crippen LogP contribution in [0.15, 0.2) is 91.5 Å². The highest BCUT2D eigenvalue weighted by Gasteiger charge is 2.25. The number of nitriles is 1. The predicted octanol–water partition coefficient (Wildman–Crippen LogP) is 5.88. The van der Waals surface area contributed by atoms with Gasteiger partial charge in [-0.25, -0.2) is 19.3 Å². The van der Waals surface area contributed by atoms with E-state index in [0.717, 1.165) is 72.8 Å². The number of nitrogens with two attached hydrogens (primary N) is 1. The number of pyridine rings is 3. The Labute approximate surface area is 272 Å². The largest absolute Gasteiger partial charge is 0.383 e. The lowest BCUT2D eigenvalue weighted by molar-refractivity contribution is 0.317. The third kappa shape index (κ3) is 6.23. The van der Waals surface area contributed by atoms with Gasteiger partial charge in [-0.15, -0.1) is 0 Å². The molecule has 1 saturated heterocycles. The maximum atomic E-state index is 13.6. The van der Waals surface area contributed by atoms with Crippen LogP contribution in [0.5, 0.6) is 0 Å². The average molecular weight is 625 g/mol. The Morgan fingerprint density at radius 1 is 0.979 bits per heavy atom. The molecular weight excluding hydrogens is 591 g/mol. The Bertz CT molecular complexity index is 2070. The molecule has 1 fully saturated rings. The minimum Gasteiger partial charge on any atom is -0.383 e. The van der Waals surface area contributed by atoms with Gasteiger partial charge in [-0.2, -0.15) is 5.26 Å². The molecule has 1 aromatic carbocycles. The second-order valence-electron chi connectivity index (χ2n) is 11.7. The molecule has 0 spiro atoms. The first-order valence-corrected chi connectivity index (χ1v) is 15.6. The molecule has 1 atom stereocenters. The van der Waals surface area contributed by atoms with Crippen molar-refractivity contribution >= 4 is 22.5 Å². The number of anilines is 2.